The zero-order chi connectivity index (χ0) is 23.0. The Labute approximate surface area is 182 Å². The van der Waals surface area contributed by atoms with Crippen molar-refractivity contribution in [1.29, 1.82) is 0 Å². The molecule has 4 aliphatic rings. The van der Waals surface area contributed by atoms with Crippen molar-refractivity contribution in [1.82, 2.24) is 0 Å². The number of carbonyl (C=O) groups excluding carboxylic acids is 2. The number of ketones is 2. The van der Waals surface area contributed by atoms with Gasteiger partial charge >= 0.3 is 0 Å². The number of hydrogen-bond donors (Lipinski definition) is 3. The largest absolute Gasteiger partial charge is 0.390 e. The molecule has 3 N–H and O–H groups in total. The van der Waals surface area contributed by atoms with E-state index in [1.807, 2.05) is 6.92 Å². The monoisotopic (exact) mass is 436 g/mol. The number of Topliss-reactive ketones (excluding diaryl/α,β-unsaturated/α-hetero) is 1. The molecule has 0 radical (unpaired) electrons. The molecular formula is C24H33FO6. The molecule has 3 saturated carbocycles. The Kier molecular flexibility index (Phi) is 5.17. The summed E-state index contributed by atoms with van der Waals surface area (Å²) in [6, 6.07) is 0. The maximum Gasteiger partial charge on any atom is 0.178 e. The minimum absolute atomic E-state index is 0.0391. The van der Waals surface area contributed by atoms with Crippen molar-refractivity contribution in [2.75, 3.05) is 6.61 Å². The van der Waals surface area contributed by atoms with E-state index in [2.05, 4.69) is 0 Å². The van der Waals surface area contributed by atoms with Gasteiger partial charge in [0.25, 0.3) is 0 Å². The molecule has 0 bridgehead atoms. The van der Waals surface area contributed by atoms with Gasteiger partial charge < -0.3 is 20.1 Å². The Morgan fingerprint density at radius 3 is 2.61 bits per heavy atom. The summed E-state index contributed by atoms with van der Waals surface area (Å²) in [6.45, 7) is 5.91. The highest BCUT2D eigenvalue weighted by molar-refractivity contribution is 6.01. The summed E-state index contributed by atoms with van der Waals surface area (Å²) in [5.41, 5.74) is -3.17. The second kappa shape index (κ2) is 7.04. The Morgan fingerprint density at radius 1 is 1.32 bits per heavy atom. The molecule has 0 aromatic heterocycles. The number of allylic oxidation sites excluding steroid dienone is 4. The number of rotatable bonds is 4. The first-order valence-electron chi connectivity index (χ1n) is 11.1. The second-order valence-electron chi connectivity index (χ2n) is 10.8. The molecule has 0 saturated heterocycles. The molecule has 8 unspecified atom stereocenters. The zero-order valence-electron chi connectivity index (χ0n) is 18.6. The van der Waals surface area contributed by atoms with Gasteiger partial charge in [-0.1, -0.05) is 18.6 Å². The predicted octanol–water partition coefficient (Wildman–Crippen LogP) is 2.26. The van der Waals surface area contributed by atoms with Crippen LogP contribution in [0.4, 0.5) is 4.39 Å². The third kappa shape index (κ3) is 3.11. The predicted molar refractivity (Wildman–Crippen MR) is 110 cm³/mol. The fraction of sp³-hybridized carbons (Fsp3) is 0.750. The van der Waals surface area contributed by atoms with Crippen LogP contribution in [0.5, 0.6) is 0 Å². The molecule has 0 aliphatic heterocycles. The first-order valence-corrected chi connectivity index (χ1v) is 11.1. The van der Waals surface area contributed by atoms with E-state index >= 15 is 4.39 Å². The van der Waals surface area contributed by atoms with Crippen molar-refractivity contribution in [3.8, 4) is 0 Å². The number of carbonyl (C=O) groups is 2. The van der Waals surface area contributed by atoms with Gasteiger partial charge in [-0.05, 0) is 69.9 Å². The number of fused-ring (bicyclic) bond motifs is 5. The van der Waals surface area contributed by atoms with Crippen LogP contribution < -0.4 is 0 Å². The SMILES string of the molecule is CC(C)(O)OC1CC2C3CCC4=CC(=O)C=CC4(C)C3(F)C(O)CC2(C)C1C(=O)CO. The van der Waals surface area contributed by atoms with Gasteiger partial charge in [0.05, 0.1) is 18.1 Å². The summed E-state index contributed by atoms with van der Waals surface area (Å²) >= 11 is 0. The van der Waals surface area contributed by atoms with E-state index in [9.17, 15) is 24.9 Å². The van der Waals surface area contributed by atoms with Crippen LogP contribution in [0.25, 0.3) is 0 Å². The van der Waals surface area contributed by atoms with Crippen LogP contribution in [0.3, 0.4) is 0 Å². The first-order chi connectivity index (χ1) is 14.3. The number of halogens is 1. The molecule has 172 valence electrons. The quantitative estimate of drug-likeness (QED) is 0.584. The van der Waals surface area contributed by atoms with Crippen LogP contribution in [0.1, 0.15) is 53.4 Å². The average molecular weight is 437 g/mol. The highest BCUT2D eigenvalue weighted by Crippen LogP contribution is 2.69. The number of hydrogen-bond acceptors (Lipinski definition) is 6. The number of alkyl halides is 1. The van der Waals surface area contributed by atoms with E-state index in [0.717, 1.165) is 0 Å². The molecule has 0 aromatic rings. The van der Waals surface area contributed by atoms with Crippen LogP contribution in [0, 0.1) is 28.6 Å². The van der Waals surface area contributed by atoms with Gasteiger partial charge in [-0.3, -0.25) is 9.59 Å². The average Bonchev–Trinajstić information content (AvgIpc) is 2.93. The lowest BCUT2D eigenvalue weighted by Crippen LogP contribution is -2.66. The molecule has 8 atom stereocenters. The molecule has 0 spiro atoms. The number of ether oxygens (including phenoxy) is 1. The second-order valence-corrected chi connectivity index (χ2v) is 10.8. The Hall–Kier alpha value is -1.41. The Bertz CT molecular complexity index is 859. The minimum atomic E-state index is -1.99. The van der Waals surface area contributed by atoms with E-state index in [-0.39, 0.29) is 18.1 Å². The maximum absolute atomic E-state index is 17.1. The standard InChI is InChI=1S/C24H33FO6/c1-21(2,30)31-18-10-16-15-6-5-13-9-14(27)7-8-23(13,4)24(15,25)19(29)11-22(16,3)20(18)17(28)12-26/h7-9,15-16,18-20,26,29-30H,5-6,10-12H2,1-4H3. The van der Waals surface area contributed by atoms with Crippen LogP contribution in [-0.2, 0) is 14.3 Å². The van der Waals surface area contributed by atoms with Crippen LogP contribution in [0.15, 0.2) is 23.8 Å². The summed E-state index contributed by atoms with van der Waals surface area (Å²) in [7, 11) is 0. The summed E-state index contributed by atoms with van der Waals surface area (Å²) in [5, 5.41) is 31.1. The maximum atomic E-state index is 17.1. The van der Waals surface area contributed by atoms with Crippen LogP contribution in [-0.4, -0.2) is 57.2 Å². The van der Waals surface area contributed by atoms with Crippen molar-refractivity contribution in [3.05, 3.63) is 23.8 Å². The fourth-order valence-corrected chi connectivity index (χ4v) is 7.36. The van der Waals surface area contributed by atoms with Crippen molar-refractivity contribution < 1.29 is 34.0 Å². The van der Waals surface area contributed by atoms with Crippen molar-refractivity contribution in [2.45, 2.75) is 77.0 Å². The van der Waals surface area contributed by atoms with Gasteiger partial charge in [-0.15, -0.1) is 0 Å². The highest BCUT2D eigenvalue weighted by atomic mass is 19.1. The molecule has 4 aliphatic carbocycles. The summed E-state index contributed by atoms with van der Waals surface area (Å²) in [4.78, 5) is 24.7. The van der Waals surface area contributed by atoms with Crippen molar-refractivity contribution >= 4 is 11.6 Å². The fourth-order valence-electron chi connectivity index (χ4n) is 7.36. The molecular weight excluding hydrogens is 403 g/mol. The molecule has 31 heavy (non-hydrogen) atoms. The van der Waals surface area contributed by atoms with Gasteiger partial charge in [-0.25, -0.2) is 4.39 Å². The van der Waals surface area contributed by atoms with Crippen molar-refractivity contribution in [2.24, 2.45) is 28.6 Å². The third-order valence-corrected chi connectivity index (χ3v) is 8.59. The van der Waals surface area contributed by atoms with Crippen LogP contribution in [0.2, 0.25) is 0 Å². The van der Waals surface area contributed by atoms with E-state index in [1.54, 1.807) is 13.0 Å². The molecule has 7 heteroatoms. The molecule has 3 fully saturated rings. The Balaban J connectivity index is 1.79. The Morgan fingerprint density at radius 2 is 2.00 bits per heavy atom. The van der Waals surface area contributed by atoms with Gasteiger partial charge in [0.2, 0.25) is 0 Å². The minimum Gasteiger partial charge on any atom is -0.390 e. The summed E-state index contributed by atoms with van der Waals surface area (Å²) in [6.07, 6.45) is 3.82. The molecule has 0 amide bonds. The van der Waals surface area contributed by atoms with Gasteiger partial charge in [0.15, 0.2) is 23.0 Å². The molecule has 6 nitrogen and oxygen atoms in total. The van der Waals surface area contributed by atoms with Crippen molar-refractivity contribution in [3.63, 3.8) is 0 Å². The summed E-state index contributed by atoms with van der Waals surface area (Å²) in [5.74, 6) is -3.65. The smallest absolute Gasteiger partial charge is 0.178 e. The van der Waals surface area contributed by atoms with E-state index in [4.69, 9.17) is 4.74 Å². The van der Waals surface area contributed by atoms with Gasteiger partial charge in [0.1, 0.15) is 6.61 Å². The number of aliphatic hydroxyl groups excluding tert-OH is 2. The van der Waals surface area contributed by atoms with E-state index < -0.39 is 58.7 Å². The lowest BCUT2D eigenvalue weighted by Gasteiger charge is -2.61. The molecule has 0 heterocycles. The zero-order valence-corrected chi connectivity index (χ0v) is 18.6. The lowest BCUT2D eigenvalue weighted by atomic mass is 9.45. The number of aliphatic hydroxyl groups is 3. The van der Waals surface area contributed by atoms with Gasteiger partial charge in [0, 0.05) is 11.3 Å². The first kappa shape index (κ1) is 22.8. The highest BCUT2D eigenvalue weighted by Gasteiger charge is 2.72. The van der Waals surface area contributed by atoms with Crippen LogP contribution >= 0.6 is 0 Å². The molecule has 0 aromatic carbocycles. The van der Waals surface area contributed by atoms with E-state index in [1.165, 1.54) is 26.0 Å². The summed E-state index contributed by atoms with van der Waals surface area (Å²) < 4.78 is 22.9. The lowest BCUT2D eigenvalue weighted by molar-refractivity contribution is -0.217. The normalized spacial score (nSPS) is 46.8. The molecule has 4 rings (SSSR count). The van der Waals surface area contributed by atoms with Gasteiger partial charge in [-0.2, -0.15) is 0 Å². The third-order valence-electron chi connectivity index (χ3n) is 8.59. The topological polar surface area (TPSA) is 104 Å². The van der Waals surface area contributed by atoms with E-state index in [0.29, 0.717) is 24.8 Å².